The van der Waals surface area contributed by atoms with Crippen molar-refractivity contribution in [2.75, 3.05) is 0 Å². The van der Waals surface area contributed by atoms with Crippen LogP contribution in [0.5, 0.6) is 0 Å². The highest BCUT2D eigenvalue weighted by Crippen LogP contribution is 2.47. The maximum atomic E-state index is 2.45. The van der Waals surface area contributed by atoms with Gasteiger partial charge < -0.3 is 0 Å². The van der Waals surface area contributed by atoms with Gasteiger partial charge in [-0.2, -0.15) is 0 Å². The summed E-state index contributed by atoms with van der Waals surface area (Å²) >= 11 is 0. The maximum Gasteiger partial charge on any atom is -0.00619 e. The summed E-state index contributed by atoms with van der Waals surface area (Å²) in [6.45, 7) is 2.32. The first-order valence-electron chi connectivity index (χ1n) is 6.14. The molecule has 78 valence electrons. The SMILES string of the molecule is CCC1C=CCC2Cc3ccccc3C12. The van der Waals surface area contributed by atoms with Gasteiger partial charge in [0.05, 0.1) is 0 Å². The fourth-order valence-corrected chi connectivity index (χ4v) is 3.46. The Morgan fingerprint density at radius 2 is 2.13 bits per heavy atom. The molecule has 3 rings (SSSR count). The Kier molecular flexibility index (Phi) is 2.16. The van der Waals surface area contributed by atoms with Gasteiger partial charge in [0.1, 0.15) is 0 Å². The molecule has 0 heteroatoms. The van der Waals surface area contributed by atoms with Crippen molar-refractivity contribution in [2.45, 2.75) is 32.1 Å². The fraction of sp³-hybridized carbons (Fsp3) is 0.467. The molecule has 0 radical (unpaired) electrons. The summed E-state index contributed by atoms with van der Waals surface area (Å²) in [6, 6.07) is 9.05. The van der Waals surface area contributed by atoms with Crippen molar-refractivity contribution in [1.29, 1.82) is 0 Å². The van der Waals surface area contributed by atoms with Gasteiger partial charge >= 0.3 is 0 Å². The zero-order valence-corrected chi connectivity index (χ0v) is 9.32. The number of hydrogen-bond acceptors (Lipinski definition) is 0. The second kappa shape index (κ2) is 3.52. The summed E-state index contributed by atoms with van der Waals surface area (Å²) in [7, 11) is 0. The van der Waals surface area contributed by atoms with E-state index < -0.39 is 0 Å². The topological polar surface area (TPSA) is 0 Å². The number of hydrogen-bond donors (Lipinski definition) is 0. The van der Waals surface area contributed by atoms with E-state index in [1.807, 2.05) is 0 Å². The summed E-state index contributed by atoms with van der Waals surface area (Å²) < 4.78 is 0. The second-order valence-electron chi connectivity index (χ2n) is 4.92. The maximum absolute atomic E-state index is 2.45. The molecule has 0 spiro atoms. The predicted molar refractivity (Wildman–Crippen MR) is 63.9 cm³/mol. The van der Waals surface area contributed by atoms with Crippen molar-refractivity contribution in [3.8, 4) is 0 Å². The van der Waals surface area contributed by atoms with Gasteiger partial charge in [-0.25, -0.2) is 0 Å². The van der Waals surface area contributed by atoms with E-state index in [0.717, 1.165) is 17.8 Å². The largest absolute Gasteiger partial charge is 0.0879 e. The molecule has 0 bridgehead atoms. The third kappa shape index (κ3) is 1.35. The molecule has 0 heterocycles. The van der Waals surface area contributed by atoms with Crippen molar-refractivity contribution in [1.82, 2.24) is 0 Å². The molecule has 0 fully saturated rings. The lowest BCUT2D eigenvalue weighted by atomic mass is 9.75. The Labute approximate surface area is 92.0 Å². The van der Waals surface area contributed by atoms with Crippen LogP contribution in [0.4, 0.5) is 0 Å². The van der Waals surface area contributed by atoms with Crippen molar-refractivity contribution in [3.63, 3.8) is 0 Å². The molecule has 0 aromatic heterocycles. The average Bonchev–Trinajstić information content (AvgIpc) is 2.67. The Morgan fingerprint density at radius 3 is 3.00 bits per heavy atom. The molecule has 0 saturated carbocycles. The lowest BCUT2D eigenvalue weighted by molar-refractivity contribution is 0.352. The first-order valence-corrected chi connectivity index (χ1v) is 6.14. The number of benzene rings is 1. The summed E-state index contributed by atoms with van der Waals surface area (Å²) in [5.41, 5.74) is 3.24. The molecule has 0 amide bonds. The van der Waals surface area contributed by atoms with E-state index in [0.29, 0.717) is 0 Å². The minimum atomic E-state index is 0.785. The second-order valence-corrected chi connectivity index (χ2v) is 4.92. The highest BCUT2D eigenvalue weighted by atomic mass is 14.4. The smallest absolute Gasteiger partial charge is 0.00619 e. The van der Waals surface area contributed by atoms with Crippen LogP contribution in [-0.2, 0) is 6.42 Å². The molecule has 3 unspecified atom stereocenters. The molecule has 3 atom stereocenters. The monoisotopic (exact) mass is 198 g/mol. The fourth-order valence-electron chi connectivity index (χ4n) is 3.46. The van der Waals surface area contributed by atoms with E-state index in [-0.39, 0.29) is 0 Å². The molecule has 0 saturated heterocycles. The third-order valence-corrected chi connectivity index (χ3v) is 4.16. The first-order chi connectivity index (χ1) is 7.40. The van der Waals surface area contributed by atoms with Gasteiger partial charge in [-0.15, -0.1) is 0 Å². The zero-order chi connectivity index (χ0) is 10.3. The molecule has 0 aliphatic heterocycles. The molecule has 0 N–H and O–H groups in total. The highest BCUT2D eigenvalue weighted by Gasteiger charge is 2.36. The number of fused-ring (bicyclic) bond motifs is 3. The molecule has 1 aromatic carbocycles. The summed E-state index contributed by atoms with van der Waals surface area (Å²) in [5.74, 6) is 2.49. The van der Waals surface area contributed by atoms with E-state index in [9.17, 15) is 0 Å². The predicted octanol–water partition coefficient (Wildman–Crippen LogP) is 3.93. The van der Waals surface area contributed by atoms with E-state index in [2.05, 4.69) is 43.3 Å². The van der Waals surface area contributed by atoms with Crippen molar-refractivity contribution in [3.05, 3.63) is 47.5 Å². The van der Waals surface area contributed by atoms with Gasteiger partial charge in [-0.05, 0) is 48.1 Å². The minimum absolute atomic E-state index is 0.785. The van der Waals surface area contributed by atoms with Crippen LogP contribution in [-0.4, -0.2) is 0 Å². The van der Waals surface area contributed by atoms with Gasteiger partial charge in [0.15, 0.2) is 0 Å². The molecule has 15 heavy (non-hydrogen) atoms. The first kappa shape index (κ1) is 9.21. The molecule has 2 aliphatic carbocycles. The van der Waals surface area contributed by atoms with Crippen LogP contribution in [0, 0.1) is 11.8 Å². The Bertz CT molecular complexity index is 389. The summed E-state index contributed by atoms with van der Waals surface area (Å²) in [6.07, 6.45) is 8.73. The average molecular weight is 198 g/mol. The van der Waals surface area contributed by atoms with E-state index in [1.165, 1.54) is 19.3 Å². The molecular weight excluding hydrogens is 180 g/mol. The summed E-state index contributed by atoms with van der Waals surface area (Å²) in [5, 5.41) is 0. The van der Waals surface area contributed by atoms with Crippen LogP contribution in [0.2, 0.25) is 0 Å². The van der Waals surface area contributed by atoms with E-state index >= 15 is 0 Å². The molecular formula is C15H18. The molecule has 0 nitrogen and oxygen atoms in total. The van der Waals surface area contributed by atoms with Crippen LogP contribution in [0.25, 0.3) is 0 Å². The van der Waals surface area contributed by atoms with E-state index in [4.69, 9.17) is 0 Å². The van der Waals surface area contributed by atoms with Crippen molar-refractivity contribution >= 4 is 0 Å². The highest BCUT2D eigenvalue weighted by molar-refractivity contribution is 5.38. The normalized spacial score (nSPS) is 32.5. The van der Waals surface area contributed by atoms with Gasteiger partial charge in [0.25, 0.3) is 0 Å². The lowest BCUT2D eigenvalue weighted by Crippen LogP contribution is -2.19. The summed E-state index contributed by atoms with van der Waals surface area (Å²) in [4.78, 5) is 0. The van der Waals surface area contributed by atoms with Gasteiger partial charge in [0.2, 0.25) is 0 Å². The van der Waals surface area contributed by atoms with Crippen LogP contribution < -0.4 is 0 Å². The lowest BCUT2D eigenvalue weighted by Gasteiger charge is -2.29. The Morgan fingerprint density at radius 1 is 1.27 bits per heavy atom. The van der Waals surface area contributed by atoms with Crippen molar-refractivity contribution in [2.24, 2.45) is 11.8 Å². The zero-order valence-electron chi connectivity index (χ0n) is 9.32. The molecule has 2 aliphatic rings. The van der Waals surface area contributed by atoms with Gasteiger partial charge in [-0.3, -0.25) is 0 Å². The van der Waals surface area contributed by atoms with Gasteiger partial charge in [-0.1, -0.05) is 43.3 Å². The minimum Gasteiger partial charge on any atom is -0.0879 e. The van der Waals surface area contributed by atoms with Crippen LogP contribution in [0.15, 0.2) is 36.4 Å². The van der Waals surface area contributed by atoms with Crippen molar-refractivity contribution < 1.29 is 0 Å². The third-order valence-electron chi connectivity index (χ3n) is 4.16. The molecule has 1 aromatic rings. The quantitative estimate of drug-likeness (QED) is 0.600. The van der Waals surface area contributed by atoms with Crippen LogP contribution >= 0.6 is 0 Å². The van der Waals surface area contributed by atoms with E-state index in [1.54, 1.807) is 11.1 Å². The Balaban J connectivity index is 2.03. The standard InChI is InChI=1S/C15H18/c1-2-11-7-5-8-13-10-12-6-3-4-9-14(12)15(11)13/h3-7,9,11,13,15H,2,8,10H2,1H3. The Hall–Kier alpha value is -1.04. The van der Waals surface area contributed by atoms with Crippen LogP contribution in [0.1, 0.15) is 36.8 Å². The number of rotatable bonds is 1. The number of allylic oxidation sites excluding steroid dienone is 2. The van der Waals surface area contributed by atoms with Gasteiger partial charge in [0, 0.05) is 0 Å². The van der Waals surface area contributed by atoms with Crippen LogP contribution in [0.3, 0.4) is 0 Å².